The molecular formula is C20H44O6Si. The zero-order valence-electron chi connectivity index (χ0n) is 19.0. The van der Waals surface area contributed by atoms with Crippen molar-refractivity contribution in [3.05, 3.63) is 0 Å². The number of ether oxygens (including phenoxy) is 3. The third-order valence-electron chi connectivity index (χ3n) is 4.69. The summed E-state index contributed by atoms with van der Waals surface area (Å²) in [5.41, 5.74) is -0.433. The topological polar surface area (TPSA) is 55.4 Å². The van der Waals surface area contributed by atoms with Gasteiger partial charge < -0.3 is 18.6 Å². The highest BCUT2D eigenvalue weighted by Gasteiger charge is 2.57. The van der Waals surface area contributed by atoms with E-state index in [9.17, 15) is 0 Å². The van der Waals surface area contributed by atoms with Crippen LogP contribution in [0, 0.1) is 0 Å². The van der Waals surface area contributed by atoms with Crippen LogP contribution in [0.4, 0.5) is 0 Å². The fourth-order valence-corrected chi connectivity index (χ4v) is 2.87. The lowest BCUT2D eigenvalue weighted by molar-refractivity contribution is -0.496. The van der Waals surface area contributed by atoms with Gasteiger partial charge in [-0.05, 0) is 40.0 Å². The molecule has 1 unspecified atom stereocenters. The first-order valence-electron chi connectivity index (χ1n) is 10.4. The van der Waals surface area contributed by atoms with E-state index in [2.05, 4.69) is 20.8 Å². The fraction of sp³-hybridized carbons (Fsp3) is 1.00. The Morgan fingerprint density at radius 1 is 0.741 bits per heavy atom. The van der Waals surface area contributed by atoms with Gasteiger partial charge in [0.15, 0.2) is 0 Å². The number of unbranched alkanes of at least 4 members (excludes halogenated alkanes) is 3. The van der Waals surface area contributed by atoms with Crippen molar-refractivity contribution in [1.29, 1.82) is 0 Å². The highest BCUT2D eigenvalue weighted by Crippen LogP contribution is 2.40. The SMILES string of the molecule is CCCCOC(C)(OOC)C(CC(C)(C)O[SiH3])(OCCCC)OCCCC. The molecule has 6 nitrogen and oxygen atoms in total. The van der Waals surface area contributed by atoms with E-state index in [0.717, 1.165) is 38.5 Å². The van der Waals surface area contributed by atoms with Crippen molar-refractivity contribution in [1.82, 2.24) is 0 Å². The molecule has 0 fully saturated rings. The van der Waals surface area contributed by atoms with Crippen LogP contribution in [0.2, 0.25) is 0 Å². The van der Waals surface area contributed by atoms with E-state index in [1.54, 1.807) is 0 Å². The Morgan fingerprint density at radius 2 is 1.19 bits per heavy atom. The average molecular weight is 409 g/mol. The van der Waals surface area contributed by atoms with Crippen molar-refractivity contribution in [3.63, 3.8) is 0 Å². The van der Waals surface area contributed by atoms with E-state index in [1.807, 2.05) is 20.8 Å². The minimum atomic E-state index is -1.21. The molecule has 0 spiro atoms. The molecule has 0 saturated heterocycles. The third-order valence-corrected chi connectivity index (χ3v) is 5.79. The van der Waals surface area contributed by atoms with Gasteiger partial charge in [-0.15, -0.1) is 0 Å². The zero-order chi connectivity index (χ0) is 20.8. The average Bonchev–Trinajstić information content (AvgIpc) is 2.62. The second kappa shape index (κ2) is 14.0. The Balaban J connectivity index is 5.87. The summed E-state index contributed by atoms with van der Waals surface area (Å²) in [6.45, 7) is 14.0. The molecule has 0 aliphatic rings. The van der Waals surface area contributed by atoms with E-state index in [1.165, 1.54) is 7.11 Å². The van der Waals surface area contributed by atoms with Gasteiger partial charge in [0.05, 0.1) is 32.5 Å². The second-order valence-electron chi connectivity index (χ2n) is 7.70. The maximum Gasteiger partial charge on any atom is 0.253 e. The van der Waals surface area contributed by atoms with Crippen LogP contribution < -0.4 is 0 Å². The number of rotatable bonds is 18. The van der Waals surface area contributed by atoms with Crippen molar-refractivity contribution in [2.45, 2.75) is 104 Å². The van der Waals surface area contributed by atoms with Crippen LogP contribution in [0.3, 0.4) is 0 Å². The predicted octanol–water partition coefficient (Wildman–Crippen LogP) is 3.89. The highest BCUT2D eigenvalue weighted by atomic mass is 28.2. The third kappa shape index (κ3) is 9.34. The molecule has 0 aliphatic carbocycles. The molecule has 27 heavy (non-hydrogen) atoms. The van der Waals surface area contributed by atoms with Gasteiger partial charge in [-0.1, -0.05) is 40.0 Å². The van der Waals surface area contributed by atoms with Gasteiger partial charge in [-0.25, -0.2) is 4.89 Å². The summed E-state index contributed by atoms with van der Waals surface area (Å²) in [5.74, 6) is -2.34. The molecule has 0 N–H and O–H groups in total. The van der Waals surface area contributed by atoms with Gasteiger partial charge in [0.1, 0.15) is 10.5 Å². The summed E-state index contributed by atoms with van der Waals surface area (Å²) in [4.78, 5) is 10.8. The smallest absolute Gasteiger partial charge is 0.253 e. The molecule has 0 heterocycles. The van der Waals surface area contributed by atoms with Crippen LogP contribution in [-0.2, 0) is 28.4 Å². The summed E-state index contributed by atoms with van der Waals surface area (Å²) >= 11 is 0. The van der Waals surface area contributed by atoms with E-state index >= 15 is 0 Å². The van der Waals surface area contributed by atoms with Crippen LogP contribution in [0.15, 0.2) is 0 Å². The summed E-state index contributed by atoms with van der Waals surface area (Å²) in [5, 5.41) is 0. The maximum atomic E-state index is 6.39. The first kappa shape index (κ1) is 27.0. The molecule has 7 heteroatoms. The van der Waals surface area contributed by atoms with Crippen molar-refractivity contribution >= 4 is 10.5 Å². The summed E-state index contributed by atoms with van der Waals surface area (Å²) < 4.78 is 24.8. The molecule has 0 aromatic rings. The molecule has 1 atom stereocenters. The molecule has 164 valence electrons. The second-order valence-corrected chi connectivity index (χ2v) is 8.10. The van der Waals surface area contributed by atoms with Crippen molar-refractivity contribution in [2.75, 3.05) is 26.9 Å². The largest absolute Gasteiger partial charge is 0.423 e. The Labute approximate surface area is 170 Å². The molecule has 0 rings (SSSR count). The first-order valence-corrected chi connectivity index (χ1v) is 11.3. The van der Waals surface area contributed by atoms with Crippen LogP contribution in [-0.4, -0.2) is 54.6 Å². The highest BCUT2D eigenvalue weighted by molar-refractivity contribution is 5.98. The van der Waals surface area contributed by atoms with E-state index in [0.29, 0.717) is 36.7 Å². The summed E-state index contributed by atoms with van der Waals surface area (Å²) in [7, 11) is 2.11. The fourth-order valence-electron chi connectivity index (χ4n) is 2.73. The molecule has 0 bridgehead atoms. The molecule has 0 aliphatic heterocycles. The van der Waals surface area contributed by atoms with Crippen LogP contribution >= 0.6 is 0 Å². The Bertz CT molecular complexity index is 356. The zero-order valence-corrected chi connectivity index (χ0v) is 21.0. The van der Waals surface area contributed by atoms with Gasteiger partial charge in [0.25, 0.3) is 5.79 Å². The van der Waals surface area contributed by atoms with Crippen molar-refractivity contribution < 1.29 is 28.4 Å². The quantitative estimate of drug-likeness (QED) is 0.113. The standard InChI is InChI=1S/C20H44O6Si/c1-8-11-14-22-19(6,25-21-7)20(23-15-12-9-2,24-16-13-10-3)17-18(4,5)26-27/h8-17H2,1-7,27H3. The predicted molar refractivity (Wildman–Crippen MR) is 112 cm³/mol. The Morgan fingerprint density at radius 3 is 1.56 bits per heavy atom. The van der Waals surface area contributed by atoms with E-state index < -0.39 is 17.2 Å². The Hall–Kier alpha value is -0.0231. The maximum absolute atomic E-state index is 6.39. The molecule has 0 radical (unpaired) electrons. The summed E-state index contributed by atoms with van der Waals surface area (Å²) in [6.07, 6.45) is 6.34. The van der Waals surface area contributed by atoms with Crippen molar-refractivity contribution in [2.24, 2.45) is 0 Å². The number of hydrogen-bond acceptors (Lipinski definition) is 6. The van der Waals surface area contributed by atoms with Crippen LogP contribution in [0.5, 0.6) is 0 Å². The Kier molecular flexibility index (Phi) is 14.0. The van der Waals surface area contributed by atoms with E-state index in [-0.39, 0.29) is 0 Å². The van der Waals surface area contributed by atoms with Crippen molar-refractivity contribution in [3.8, 4) is 0 Å². The van der Waals surface area contributed by atoms with E-state index in [4.69, 9.17) is 28.4 Å². The monoisotopic (exact) mass is 408 g/mol. The normalized spacial score (nSPS) is 15.2. The summed E-state index contributed by atoms with van der Waals surface area (Å²) in [6, 6.07) is 0. The molecule has 0 aromatic heterocycles. The lowest BCUT2D eigenvalue weighted by Crippen LogP contribution is -2.62. The van der Waals surface area contributed by atoms with Gasteiger partial charge >= 0.3 is 0 Å². The molecule has 0 saturated carbocycles. The van der Waals surface area contributed by atoms with Gasteiger partial charge in [-0.2, -0.15) is 4.89 Å². The van der Waals surface area contributed by atoms with Gasteiger partial charge in [0.2, 0.25) is 5.79 Å². The van der Waals surface area contributed by atoms with Crippen LogP contribution in [0.25, 0.3) is 0 Å². The number of hydrogen-bond donors (Lipinski definition) is 0. The molecule has 0 amide bonds. The van der Waals surface area contributed by atoms with Crippen LogP contribution in [0.1, 0.15) is 86.5 Å². The minimum Gasteiger partial charge on any atom is -0.423 e. The first-order chi connectivity index (χ1) is 12.8. The van der Waals surface area contributed by atoms with Gasteiger partial charge in [-0.3, -0.25) is 0 Å². The lowest BCUT2D eigenvalue weighted by Gasteiger charge is -2.48. The minimum absolute atomic E-state index is 0.433. The molecule has 0 aromatic carbocycles. The van der Waals surface area contributed by atoms with Gasteiger partial charge in [0, 0.05) is 6.42 Å². The molecular weight excluding hydrogens is 364 g/mol. The lowest BCUT2D eigenvalue weighted by atomic mass is 9.92.